The van der Waals surface area contributed by atoms with Crippen molar-refractivity contribution < 1.29 is 0 Å². The number of aryl methyl sites for hydroxylation is 1. The monoisotopic (exact) mass is 243 g/mol. The van der Waals surface area contributed by atoms with Crippen LogP contribution >= 0.6 is 0 Å². The SMILES string of the molecule is Cc1cccc(N2CCN(C(C)(C)C#N)CC2)c1. The van der Waals surface area contributed by atoms with Gasteiger partial charge in [0.25, 0.3) is 0 Å². The molecule has 96 valence electrons. The maximum atomic E-state index is 9.16. The van der Waals surface area contributed by atoms with E-state index in [0.29, 0.717) is 0 Å². The van der Waals surface area contributed by atoms with Crippen molar-refractivity contribution in [2.24, 2.45) is 0 Å². The van der Waals surface area contributed by atoms with Crippen LogP contribution in [0.1, 0.15) is 19.4 Å². The summed E-state index contributed by atoms with van der Waals surface area (Å²) in [6, 6.07) is 11.0. The van der Waals surface area contributed by atoms with Crippen molar-refractivity contribution in [3.63, 3.8) is 0 Å². The van der Waals surface area contributed by atoms with Crippen molar-refractivity contribution >= 4 is 5.69 Å². The Hall–Kier alpha value is -1.53. The molecule has 1 saturated heterocycles. The molecule has 1 fully saturated rings. The van der Waals surface area contributed by atoms with E-state index in [2.05, 4.69) is 47.1 Å². The van der Waals surface area contributed by atoms with Crippen molar-refractivity contribution in [1.82, 2.24) is 4.90 Å². The molecule has 2 rings (SSSR count). The molecule has 0 aliphatic carbocycles. The quantitative estimate of drug-likeness (QED) is 0.799. The minimum Gasteiger partial charge on any atom is -0.369 e. The second-order valence-corrected chi connectivity index (χ2v) is 5.48. The summed E-state index contributed by atoms with van der Waals surface area (Å²) in [5.41, 5.74) is 2.25. The first-order valence-electron chi connectivity index (χ1n) is 6.51. The molecular weight excluding hydrogens is 222 g/mol. The van der Waals surface area contributed by atoms with Gasteiger partial charge in [-0.2, -0.15) is 5.26 Å². The summed E-state index contributed by atoms with van der Waals surface area (Å²) < 4.78 is 0. The summed E-state index contributed by atoms with van der Waals surface area (Å²) >= 11 is 0. The minimum absolute atomic E-state index is 0.349. The first-order chi connectivity index (χ1) is 8.53. The Bertz CT molecular complexity index is 451. The van der Waals surface area contributed by atoms with Gasteiger partial charge < -0.3 is 4.90 Å². The van der Waals surface area contributed by atoms with Crippen LogP contribution in [-0.4, -0.2) is 36.6 Å². The van der Waals surface area contributed by atoms with E-state index >= 15 is 0 Å². The molecule has 1 aromatic carbocycles. The first-order valence-corrected chi connectivity index (χ1v) is 6.51. The van der Waals surface area contributed by atoms with Crippen LogP contribution in [0.3, 0.4) is 0 Å². The average Bonchev–Trinajstić information content (AvgIpc) is 2.39. The predicted octanol–water partition coefficient (Wildman–Crippen LogP) is 2.42. The first kappa shape index (κ1) is 12.9. The summed E-state index contributed by atoms with van der Waals surface area (Å²) in [5, 5.41) is 9.16. The second-order valence-electron chi connectivity index (χ2n) is 5.48. The Morgan fingerprint density at radius 3 is 2.39 bits per heavy atom. The Kier molecular flexibility index (Phi) is 3.58. The highest BCUT2D eigenvalue weighted by Gasteiger charge is 2.29. The number of hydrogen-bond acceptors (Lipinski definition) is 3. The Balaban J connectivity index is 2.01. The van der Waals surface area contributed by atoms with Crippen LogP contribution in [-0.2, 0) is 0 Å². The molecule has 3 nitrogen and oxygen atoms in total. The largest absolute Gasteiger partial charge is 0.369 e. The molecule has 1 aliphatic rings. The van der Waals surface area contributed by atoms with Crippen LogP contribution in [0.15, 0.2) is 24.3 Å². The molecule has 0 saturated carbocycles. The zero-order chi connectivity index (χ0) is 13.2. The van der Waals surface area contributed by atoms with Gasteiger partial charge in [-0.25, -0.2) is 0 Å². The molecule has 0 N–H and O–H groups in total. The van der Waals surface area contributed by atoms with E-state index in [1.165, 1.54) is 11.3 Å². The molecular formula is C15H21N3. The smallest absolute Gasteiger partial charge is 0.103 e. The third kappa shape index (κ3) is 2.65. The Morgan fingerprint density at radius 2 is 1.83 bits per heavy atom. The molecule has 0 aromatic heterocycles. The molecule has 18 heavy (non-hydrogen) atoms. The van der Waals surface area contributed by atoms with E-state index < -0.39 is 0 Å². The summed E-state index contributed by atoms with van der Waals surface area (Å²) in [7, 11) is 0. The molecule has 0 radical (unpaired) electrons. The van der Waals surface area contributed by atoms with Gasteiger partial charge in [-0.15, -0.1) is 0 Å². The minimum atomic E-state index is -0.349. The van der Waals surface area contributed by atoms with Crippen molar-refractivity contribution in [1.29, 1.82) is 5.26 Å². The predicted molar refractivity (Wildman–Crippen MR) is 74.7 cm³/mol. The van der Waals surface area contributed by atoms with Crippen LogP contribution in [0.5, 0.6) is 0 Å². The third-order valence-electron chi connectivity index (χ3n) is 3.71. The van der Waals surface area contributed by atoms with Gasteiger partial charge in [0.2, 0.25) is 0 Å². The molecule has 0 atom stereocenters. The average molecular weight is 243 g/mol. The van der Waals surface area contributed by atoms with Crippen molar-refractivity contribution in [2.45, 2.75) is 26.3 Å². The van der Waals surface area contributed by atoms with Gasteiger partial charge in [0, 0.05) is 31.9 Å². The molecule has 1 aliphatic heterocycles. The standard InChI is InChI=1S/C15H21N3/c1-13-5-4-6-14(11-13)17-7-9-18(10-8-17)15(2,3)12-16/h4-6,11H,7-10H2,1-3H3. The lowest BCUT2D eigenvalue weighted by atomic mass is 10.0. The van der Waals surface area contributed by atoms with E-state index in [4.69, 9.17) is 5.26 Å². The maximum Gasteiger partial charge on any atom is 0.103 e. The van der Waals surface area contributed by atoms with Crippen LogP contribution in [0.25, 0.3) is 0 Å². The Labute approximate surface area is 110 Å². The maximum absolute atomic E-state index is 9.16. The van der Waals surface area contributed by atoms with E-state index in [0.717, 1.165) is 26.2 Å². The number of anilines is 1. The number of nitrogens with zero attached hydrogens (tertiary/aromatic N) is 3. The van der Waals surface area contributed by atoms with Gasteiger partial charge in [-0.1, -0.05) is 12.1 Å². The van der Waals surface area contributed by atoms with Crippen LogP contribution in [0, 0.1) is 18.3 Å². The number of nitriles is 1. The number of rotatable bonds is 2. The van der Waals surface area contributed by atoms with Gasteiger partial charge >= 0.3 is 0 Å². The zero-order valence-electron chi connectivity index (χ0n) is 11.5. The summed E-state index contributed by atoms with van der Waals surface area (Å²) in [6.45, 7) is 10.0. The van der Waals surface area contributed by atoms with Gasteiger partial charge in [-0.05, 0) is 38.5 Å². The molecule has 0 amide bonds. The fourth-order valence-corrected chi connectivity index (χ4v) is 2.42. The molecule has 3 heteroatoms. The highest BCUT2D eigenvalue weighted by molar-refractivity contribution is 5.48. The fraction of sp³-hybridized carbons (Fsp3) is 0.533. The van der Waals surface area contributed by atoms with Crippen molar-refractivity contribution in [3.05, 3.63) is 29.8 Å². The van der Waals surface area contributed by atoms with Crippen LogP contribution in [0.4, 0.5) is 5.69 Å². The number of hydrogen-bond donors (Lipinski definition) is 0. The highest BCUT2D eigenvalue weighted by Crippen LogP contribution is 2.21. The van der Waals surface area contributed by atoms with Gasteiger partial charge in [0.05, 0.1) is 6.07 Å². The lowest BCUT2D eigenvalue weighted by Crippen LogP contribution is -2.54. The van der Waals surface area contributed by atoms with E-state index in [-0.39, 0.29) is 5.54 Å². The zero-order valence-corrected chi connectivity index (χ0v) is 11.5. The topological polar surface area (TPSA) is 30.3 Å². The lowest BCUT2D eigenvalue weighted by molar-refractivity contribution is 0.158. The normalized spacial score (nSPS) is 17.6. The fourth-order valence-electron chi connectivity index (χ4n) is 2.42. The van der Waals surface area contributed by atoms with Gasteiger partial charge in [0.15, 0.2) is 0 Å². The second kappa shape index (κ2) is 4.99. The van der Waals surface area contributed by atoms with E-state index in [9.17, 15) is 0 Å². The van der Waals surface area contributed by atoms with Crippen molar-refractivity contribution in [3.8, 4) is 6.07 Å². The molecule has 1 aromatic rings. The molecule has 0 unspecified atom stereocenters. The Morgan fingerprint density at radius 1 is 1.17 bits per heavy atom. The van der Waals surface area contributed by atoms with Crippen LogP contribution < -0.4 is 4.90 Å². The molecule has 0 bridgehead atoms. The lowest BCUT2D eigenvalue weighted by Gasteiger charge is -2.41. The van der Waals surface area contributed by atoms with Gasteiger partial charge in [-0.3, -0.25) is 4.90 Å². The van der Waals surface area contributed by atoms with E-state index in [1.54, 1.807) is 0 Å². The summed E-state index contributed by atoms with van der Waals surface area (Å²) in [6.07, 6.45) is 0. The van der Waals surface area contributed by atoms with Crippen LogP contribution in [0.2, 0.25) is 0 Å². The van der Waals surface area contributed by atoms with E-state index in [1.807, 2.05) is 13.8 Å². The highest BCUT2D eigenvalue weighted by atomic mass is 15.3. The summed E-state index contributed by atoms with van der Waals surface area (Å²) in [5.74, 6) is 0. The molecule has 0 spiro atoms. The van der Waals surface area contributed by atoms with Crippen molar-refractivity contribution in [2.75, 3.05) is 31.1 Å². The summed E-state index contributed by atoms with van der Waals surface area (Å²) in [4.78, 5) is 4.66. The van der Waals surface area contributed by atoms with Gasteiger partial charge in [0.1, 0.15) is 5.54 Å². The number of piperazine rings is 1. The number of benzene rings is 1. The molecule has 1 heterocycles. The third-order valence-corrected chi connectivity index (χ3v) is 3.71.